The molecule has 2 aromatic carbocycles. The molecular formula is C15H17N5O4S. The molecule has 0 spiro atoms. The molecule has 0 aliphatic rings. The molecule has 0 fully saturated rings. The van der Waals surface area contributed by atoms with Crippen LogP contribution in [0.1, 0.15) is 0 Å². The van der Waals surface area contributed by atoms with E-state index in [1.54, 1.807) is 24.3 Å². The van der Waals surface area contributed by atoms with Gasteiger partial charge in [-0.1, -0.05) is 29.4 Å². The lowest BCUT2D eigenvalue weighted by atomic mass is 10.1. The average molecular weight is 363 g/mol. The Bertz CT molecular complexity index is 952. The molecule has 0 saturated carbocycles. The number of benzene rings is 2. The number of hydrogen-bond donors (Lipinski definition) is 2. The molecule has 0 radical (unpaired) electrons. The van der Waals surface area contributed by atoms with Crippen molar-refractivity contribution in [2.24, 2.45) is 5.11 Å². The minimum absolute atomic E-state index is 0.0408. The van der Waals surface area contributed by atoms with Crippen LogP contribution in [0.3, 0.4) is 0 Å². The second-order valence-electron chi connectivity index (χ2n) is 5.45. The number of carboxylic acids is 1. The average Bonchev–Trinajstić information content (AvgIpc) is 2.57. The number of rotatable bonds is 7. The van der Waals surface area contributed by atoms with E-state index < -0.39 is 28.6 Å². The van der Waals surface area contributed by atoms with Crippen LogP contribution in [0.2, 0.25) is 0 Å². The van der Waals surface area contributed by atoms with Crippen LogP contribution in [0.5, 0.6) is 0 Å². The molecule has 2 rings (SSSR count). The largest absolute Gasteiger partial charge is 0.480 e. The highest BCUT2D eigenvalue weighted by Gasteiger charge is 2.26. The maximum atomic E-state index is 12.7. The number of azide groups is 1. The number of nitrogens with one attached hydrogen (secondary N) is 1. The lowest BCUT2D eigenvalue weighted by molar-refractivity contribution is -0.138. The molecule has 0 saturated heterocycles. The number of anilines is 1. The van der Waals surface area contributed by atoms with E-state index in [0.717, 1.165) is 11.1 Å². The number of fused-ring (bicyclic) bond motifs is 1. The number of hydrogen-bond acceptors (Lipinski definition) is 5. The summed E-state index contributed by atoms with van der Waals surface area (Å²) in [6.07, 6.45) is 0. The highest BCUT2D eigenvalue weighted by Crippen LogP contribution is 2.30. The van der Waals surface area contributed by atoms with Gasteiger partial charge in [0.2, 0.25) is 10.0 Å². The summed E-state index contributed by atoms with van der Waals surface area (Å²) in [5, 5.41) is 13.4. The first-order valence-electron chi connectivity index (χ1n) is 7.23. The Morgan fingerprint density at radius 3 is 2.52 bits per heavy atom. The molecule has 1 atom stereocenters. The maximum absolute atomic E-state index is 12.7. The van der Waals surface area contributed by atoms with Crippen LogP contribution in [0.25, 0.3) is 21.2 Å². The Kier molecular flexibility index (Phi) is 5.48. The highest BCUT2D eigenvalue weighted by atomic mass is 32.2. The van der Waals surface area contributed by atoms with Gasteiger partial charge >= 0.3 is 5.97 Å². The second-order valence-corrected chi connectivity index (χ2v) is 7.13. The molecule has 2 aromatic rings. The number of sulfonamides is 1. The van der Waals surface area contributed by atoms with Gasteiger partial charge in [-0.2, -0.15) is 4.72 Å². The monoisotopic (exact) mass is 363 g/mol. The Balaban J connectivity index is 2.54. The van der Waals surface area contributed by atoms with Crippen molar-refractivity contribution >= 4 is 32.5 Å². The molecule has 0 unspecified atom stereocenters. The van der Waals surface area contributed by atoms with Gasteiger partial charge in [-0.15, -0.1) is 0 Å². The summed E-state index contributed by atoms with van der Waals surface area (Å²) in [5.41, 5.74) is 9.15. The van der Waals surface area contributed by atoms with E-state index in [-0.39, 0.29) is 4.90 Å². The molecule has 0 aromatic heterocycles. The fraction of sp³-hybridized carbons (Fsp3) is 0.267. The van der Waals surface area contributed by atoms with E-state index in [9.17, 15) is 13.2 Å². The molecular weight excluding hydrogens is 346 g/mol. The predicted molar refractivity (Wildman–Crippen MR) is 94.0 cm³/mol. The van der Waals surface area contributed by atoms with Crippen LogP contribution >= 0.6 is 0 Å². The summed E-state index contributed by atoms with van der Waals surface area (Å²) in [4.78, 5) is 15.5. The Morgan fingerprint density at radius 2 is 1.92 bits per heavy atom. The van der Waals surface area contributed by atoms with Crippen LogP contribution < -0.4 is 9.62 Å². The van der Waals surface area contributed by atoms with Crippen LogP contribution in [-0.2, 0) is 14.8 Å². The molecule has 0 aliphatic carbocycles. The van der Waals surface area contributed by atoms with Crippen LogP contribution in [0.4, 0.5) is 5.69 Å². The first-order chi connectivity index (χ1) is 11.8. The highest BCUT2D eigenvalue weighted by molar-refractivity contribution is 7.89. The molecule has 9 nitrogen and oxygen atoms in total. The smallest absolute Gasteiger partial charge is 0.321 e. The Labute approximate surface area is 144 Å². The van der Waals surface area contributed by atoms with Gasteiger partial charge in [0, 0.05) is 35.5 Å². The third kappa shape index (κ3) is 4.00. The summed E-state index contributed by atoms with van der Waals surface area (Å²) < 4.78 is 27.4. The van der Waals surface area contributed by atoms with Gasteiger partial charge in [0.1, 0.15) is 6.04 Å². The van der Waals surface area contributed by atoms with Gasteiger partial charge in [0.15, 0.2) is 0 Å². The Morgan fingerprint density at radius 1 is 1.28 bits per heavy atom. The summed E-state index contributed by atoms with van der Waals surface area (Å²) >= 11 is 0. The zero-order valence-corrected chi connectivity index (χ0v) is 14.4. The van der Waals surface area contributed by atoms with Gasteiger partial charge in [0.05, 0.1) is 11.4 Å². The first kappa shape index (κ1) is 18.5. The molecule has 25 heavy (non-hydrogen) atoms. The molecule has 132 valence electrons. The van der Waals surface area contributed by atoms with Gasteiger partial charge in [0.25, 0.3) is 0 Å². The third-order valence-corrected chi connectivity index (χ3v) is 5.08. The van der Waals surface area contributed by atoms with Crippen molar-refractivity contribution in [1.82, 2.24) is 4.72 Å². The SMILES string of the molecule is CN(C)c1cccc2c(S(=O)(=O)N[C@@H](CN=[N+]=[N-])C(=O)O)cccc12. The van der Waals surface area contributed by atoms with Gasteiger partial charge in [-0.3, -0.25) is 4.79 Å². The van der Waals surface area contributed by atoms with Gasteiger partial charge in [-0.05, 0) is 17.7 Å². The fourth-order valence-electron chi connectivity index (χ4n) is 2.42. The summed E-state index contributed by atoms with van der Waals surface area (Å²) in [7, 11) is -0.453. The van der Waals surface area contributed by atoms with Crippen LogP contribution in [0.15, 0.2) is 46.4 Å². The van der Waals surface area contributed by atoms with Crippen molar-refractivity contribution in [2.45, 2.75) is 10.9 Å². The molecule has 0 bridgehead atoms. The van der Waals surface area contributed by atoms with E-state index in [2.05, 4.69) is 14.7 Å². The van der Waals surface area contributed by atoms with Gasteiger partial charge in [-0.25, -0.2) is 8.42 Å². The Hall–Kier alpha value is -2.81. The van der Waals surface area contributed by atoms with Crippen molar-refractivity contribution in [1.29, 1.82) is 0 Å². The summed E-state index contributed by atoms with van der Waals surface area (Å²) in [6.45, 7) is -0.529. The third-order valence-electron chi connectivity index (χ3n) is 3.55. The number of nitrogens with zero attached hydrogens (tertiary/aromatic N) is 4. The van der Waals surface area contributed by atoms with Crippen LogP contribution in [-0.4, -0.2) is 46.2 Å². The minimum Gasteiger partial charge on any atom is -0.480 e. The molecule has 0 amide bonds. The first-order valence-corrected chi connectivity index (χ1v) is 8.71. The number of aliphatic carboxylic acids is 1. The maximum Gasteiger partial charge on any atom is 0.321 e. The van der Waals surface area contributed by atoms with Crippen molar-refractivity contribution in [3.63, 3.8) is 0 Å². The van der Waals surface area contributed by atoms with Crippen molar-refractivity contribution in [3.8, 4) is 0 Å². The molecule has 10 heteroatoms. The van der Waals surface area contributed by atoms with E-state index in [1.807, 2.05) is 25.1 Å². The predicted octanol–water partition coefficient (Wildman–Crippen LogP) is 1.95. The minimum atomic E-state index is -4.14. The van der Waals surface area contributed by atoms with E-state index >= 15 is 0 Å². The molecule has 0 aliphatic heterocycles. The standard InChI is InChI=1S/C15H17N5O4S/c1-20(2)13-7-3-6-11-10(13)5-4-8-14(11)25(23,24)18-12(15(21)22)9-17-19-16/h3-8,12,18H,9H2,1-2H3,(H,21,22)/t12-/m0/s1. The number of carboxylic acid groups (broad SMARTS) is 1. The normalized spacial score (nSPS) is 12.4. The summed E-state index contributed by atoms with van der Waals surface area (Å²) in [6, 6.07) is 8.47. The van der Waals surface area contributed by atoms with Gasteiger partial charge < -0.3 is 10.0 Å². The zero-order chi connectivity index (χ0) is 18.6. The fourth-order valence-corrected chi connectivity index (χ4v) is 3.83. The molecule has 2 N–H and O–H groups in total. The van der Waals surface area contributed by atoms with Crippen LogP contribution in [0, 0.1) is 0 Å². The van der Waals surface area contributed by atoms with Crippen molar-refractivity contribution in [2.75, 3.05) is 25.5 Å². The number of carbonyl (C=O) groups is 1. The van der Waals surface area contributed by atoms with Crippen molar-refractivity contribution < 1.29 is 18.3 Å². The van der Waals surface area contributed by atoms with E-state index in [4.69, 9.17) is 10.6 Å². The topological polar surface area (TPSA) is 135 Å². The molecule has 0 heterocycles. The van der Waals surface area contributed by atoms with E-state index in [1.165, 1.54) is 6.07 Å². The zero-order valence-electron chi connectivity index (χ0n) is 13.6. The lowest BCUT2D eigenvalue weighted by Crippen LogP contribution is -2.42. The van der Waals surface area contributed by atoms with Crippen molar-refractivity contribution in [3.05, 3.63) is 46.8 Å². The van der Waals surface area contributed by atoms with E-state index in [0.29, 0.717) is 5.39 Å². The summed E-state index contributed by atoms with van der Waals surface area (Å²) in [5.74, 6) is -1.43. The second kappa shape index (κ2) is 7.39. The lowest BCUT2D eigenvalue weighted by Gasteiger charge is -2.18. The quantitative estimate of drug-likeness (QED) is 0.440.